The highest BCUT2D eigenvalue weighted by molar-refractivity contribution is 5.35. The van der Waals surface area contributed by atoms with Crippen molar-refractivity contribution in [2.24, 2.45) is 7.05 Å². The first-order chi connectivity index (χ1) is 7.78. The Kier molecular flexibility index (Phi) is 4.54. The van der Waals surface area contributed by atoms with Crippen LogP contribution >= 0.6 is 0 Å². The number of aliphatic hydroxyl groups is 1. The van der Waals surface area contributed by atoms with Crippen molar-refractivity contribution in [1.82, 2.24) is 9.78 Å². The van der Waals surface area contributed by atoms with E-state index in [2.05, 4.69) is 10.4 Å². The number of hydrogen-bond acceptors (Lipinski definition) is 4. The quantitative estimate of drug-likeness (QED) is 0.816. The molecule has 0 spiro atoms. The number of hydrogen-bond donors (Lipinski definition) is 2. The Morgan fingerprint density at radius 1 is 1.53 bits per heavy atom. The predicted octanol–water partition coefficient (Wildman–Crippen LogP) is 1.32. The number of rotatable bonds is 5. The second-order valence-corrected chi connectivity index (χ2v) is 5.25. The third-order valence-corrected chi connectivity index (χ3v) is 2.34. The molecule has 5 nitrogen and oxygen atoms in total. The Morgan fingerprint density at radius 2 is 2.18 bits per heavy atom. The lowest BCUT2D eigenvalue weighted by atomic mass is 10.2. The molecule has 0 fully saturated rings. The zero-order valence-corrected chi connectivity index (χ0v) is 11.3. The highest BCUT2D eigenvalue weighted by Gasteiger charge is 2.13. The lowest BCUT2D eigenvalue weighted by Gasteiger charge is -2.22. The van der Waals surface area contributed by atoms with Crippen molar-refractivity contribution in [2.45, 2.75) is 39.4 Å². The Morgan fingerprint density at radius 3 is 2.65 bits per heavy atom. The summed E-state index contributed by atoms with van der Waals surface area (Å²) in [4.78, 5) is 0. The first-order valence-corrected chi connectivity index (χ1v) is 5.84. The zero-order valence-electron chi connectivity index (χ0n) is 11.3. The average molecular weight is 241 g/mol. The number of nitrogens with zero attached hydrogens (tertiary/aromatic N) is 2. The molecule has 0 aliphatic heterocycles. The molecule has 0 aromatic carbocycles. The van der Waals surface area contributed by atoms with E-state index in [0.717, 1.165) is 11.5 Å². The van der Waals surface area contributed by atoms with Crippen LogP contribution in [0.1, 0.15) is 26.5 Å². The standard InChI is InChI=1S/C12H23N3O2/c1-9-6-11(14-15(9)5)13-7-10(16)8-17-12(2,3)4/h6,10,16H,7-8H2,1-5H3,(H,13,14). The van der Waals surface area contributed by atoms with E-state index in [1.165, 1.54) is 0 Å². The highest BCUT2D eigenvalue weighted by Crippen LogP contribution is 2.09. The van der Waals surface area contributed by atoms with Gasteiger partial charge in [-0.05, 0) is 27.7 Å². The van der Waals surface area contributed by atoms with Crippen molar-refractivity contribution in [1.29, 1.82) is 0 Å². The van der Waals surface area contributed by atoms with Gasteiger partial charge in [0, 0.05) is 25.4 Å². The normalized spacial score (nSPS) is 13.8. The van der Waals surface area contributed by atoms with E-state index in [1.807, 2.05) is 40.8 Å². The zero-order chi connectivity index (χ0) is 13.1. The fourth-order valence-electron chi connectivity index (χ4n) is 1.27. The van der Waals surface area contributed by atoms with E-state index in [4.69, 9.17) is 4.74 Å². The van der Waals surface area contributed by atoms with Crippen molar-refractivity contribution in [2.75, 3.05) is 18.5 Å². The summed E-state index contributed by atoms with van der Waals surface area (Å²) in [5, 5.41) is 17.1. The fraction of sp³-hybridized carbons (Fsp3) is 0.750. The number of aromatic nitrogens is 2. The largest absolute Gasteiger partial charge is 0.389 e. The van der Waals surface area contributed by atoms with E-state index in [1.54, 1.807) is 4.68 Å². The molecule has 2 N–H and O–H groups in total. The highest BCUT2D eigenvalue weighted by atomic mass is 16.5. The molecule has 98 valence electrons. The lowest BCUT2D eigenvalue weighted by molar-refractivity contribution is -0.0449. The summed E-state index contributed by atoms with van der Waals surface area (Å²) in [5.74, 6) is 0.778. The second kappa shape index (κ2) is 5.51. The molecule has 1 rings (SSSR count). The number of aryl methyl sites for hydroxylation is 2. The third kappa shape index (κ3) is 5.19. The molecule has 0 amide bonds. The van der Waals surface area contributed by atoms with Crippen molar-refractivity contribution in [3.05, 3.63) is 11.8 Å². The molecule has 0 radical (unpaired) electrons. The molecule has 0 aliphatic carbocycles. The summed E-state index contributed by atoms with van der Waals surface area (Å²) < 4.78 is 7.28. The van der Waals surface area contributed by atoms with Crippen molar-refractivity contribution in [3.63, 3.8) is 0 Å². The van der Waals surface area contributed by atoms with Gasteiger partial charge >= 0.3 is 0 Å². The fourth-order valence-corrected chi connectivity index (χ4v) is 1.27. The van der Waals surface area contributed by atoms with E-state index < -0.39 is 6.10 Å². The Bertz CT molecular complexity index is 336. The van der Waals surface area contributed by atoms with Crippen LogP contribution in [0.2, 0.25) is 0 Å². The minimum Gasteiger partial charge on any atom is -0.389 e. The van der Waals surface area contributed by atoms with Gasteiger partial charge in [0.1, 0.15) is 5.82 Å². The Labute approximate surface area is 103 Å². The van der Waals surface area contributed by atoms with Gasteiger partial charge in [-0.3, -0.25) is 4.68 Å². The van der Waals surface area contributed by atoms with Crippen LogP contribution in [0.3, 0.4) is 0 Å². The van der Waals surface area contributed by atoms with E-state index in [0.29, 0.717) is 13.2 Å². The molecular formula is C12H23N3O2. The molecule has 0 saturated carbocycles. The monoisotopic (exact) mass is 241 g/mol. The Balaban J connectivity index is 2.31. The lowest BCUT2D eigenvalue weighted by Crippen LogP contribution is -2.30. The van der Waals surface area contributed by atoms with E-state index in [9.17, 15) is 5.11 Å². The summed E-state index contributed by atoms with van der Waals surface area (Å²) in [6.45, 7) is 8.64. The summed E-state index contributed by atoms with van der Waals surface area (Å²) in [6, 6.07) is 1.94. The first kappa shape index (κ1) is 14.0. The number of aliphatic hydroxyl groups excluding tert-OH is 1. The van der Waals surface area contributed by atoms with Gasteiger partial charge in [-0.2, -0.15) is 5.10 Å². The van der Waals surface area contributed by atoms with Gasteiger partial charge in [-0.15, -0.1) is 0 Å². The molecule has 5 heteroatoms. The van der Waals surface area contributed by atoms with Gasteiger partial charge in [-0.25, -0.2) is 0 Å². The molecule has 1 unspecified atom stereocenters. The molecule has 1 atom stereocenters. The van der Waals surface area contributed by atoms with Crippen molar-refractivity contribution < 1.29 is 9.84 Å². The van der Waals surface area contributed by atoms with Gasteiger partial charge < -0.3 is 15.2 Å². The second-order valence-electron chi connectivity index (χ2n) is 5.25. The summed E-state index contributed by atoms with van der Waals surface area (Å²) in [5.41, 5.74) is 0.857. The summed E-state index contributed by atoms with van der Waals surface area (Å²) in [6.07, 6.45) is -0.531. The van der Waals surface area contributed by atoms with Gasteiger partial charge in [-0.1, -0.05) is 0 Å². The maximum Gasteiger partial charge on any atom is 0.148 e. The minimum absolute atomic E-state index is 0.220. The van der Waals surface area contributed by atoms with Crippen molar-refractivity contribution in [3.8, 4) is 0 Å². The summed E-state index contributed by atoms with van der Waals surface area (Å²) in [7, 11) is 1.89. The van der Waals surface area contributed by atoms with Gasteiger partial charge in [0.15, 0.2) is 0 Å². The van der Waals surface area contributed by atoms with Crippen molar-refractivity contribution >= 4 is 5.82 Å². The molecule has 1 aromatic rings. The van der Waals surface area contributed by atoms with Crippen LogP contribution < -0.4 is 5.32 Å². The molecule has 0 aliphatic rings. The predicted molar refractivity (Wildman–Crippen MR) is 68.1 cm³/mol. The van der Waals surface area contributed by atoms with Gasteiger partial charge in [0.05, 0.1) is 18.3 Å². The molecule has 0 saturated heterocycles. The van der Waals surface area contributed by atoms with Crippen LogP contribution in [0.25, 0.3) is 0 Å². The maximum atomic E-state index is 9.73. The number of ether oxygens (including phenoxy) is 1. The maximum absolute atomic E-state index is 9.73. The van der Waals surface area contributed by atoms with Crippen LogP contribution in [-0.2, 0) is 11.8 Å². The third-order valence-electron chi connectivity index (χ3n) is 2.34. The molecule has 1 aromatic heterocycles. The SMILES string of the molecule is Cc1cc(NCC(O)COC(C)(C)C)nn1C. The summed E-state index contributed by atoms with van der Waals surface area (Å²) >= 11 is 0. The molecular weight excluding hydrogens is 218 g/mol. The van der Waals surface area contributed by atoms with Crippen LogP contribution in [0.5, 0.6) is 0 Å². The van der Waals surface area contributed by atoms with Gasteiger partial charge in [0.2, 0.25) is 0 Å². The number of nitrogens with one attached hydrogen (secondary N) is 1. The van der Waals surface area contributed by atoms with E-state index >= 15 is 0 Å². The van der Waals surface area contributed by atoms with Crippen LogP contribution in [0, 0.1) is 6.92 Å². The van der Waals surface area contributed by atoms with Crippen LogP contribution in [0.15, 0.2) is 6.07 Å². The number of anilines is 1. The average Bonchev–Trinajstić information content (AvgIpc) is 2.51. The smallest absolute Gasteiger partial charge is 0.148 e. The molecule has 0 bridgehead atoms. The topological polar surface area (TPSA) is 59.3 Å². The minimum atomic E-state index is -0.531. The molecule has 1 heterocycles. The molecule has 17 heavy (non-hydrogen) atoms. The van der Waals surface area contributed by atoms with Crippen LogP contribution in [0.4, 0.5) is 5.82 Å². The van der Waals surface area contributed by atoms with Gasteiger partial charge in [0.25, 0.3) is 0 Å². The van der Waals surface area contributed by atoms with Crippen LogP contribution in [-0.4, -0.2) is 39.7 Å². The first-order valence-electron chi connectivity index (χ1n) is 5.84. The van der Waals surface area contributed by atoms with E-state index in [-0.39, 0.29) is 5.60 Å². The Hall–Kier alpha value is -1.07.